The highest BCUT2D eigenvalue weighted by Crippen LogP contribution is 2.25. The van der Waals surface area contributed by atoms with E-state index in [0.717, 1.165) is 5.56 Å². The molecule has 23 heavy (non-hydrogen) atoms. The molecule has 0 aliphatic heterocycles. The van der Waals surface area contributed by atoms with Gasteiger partial charge in [-0.25, -0.2) is 4.79 Å². The summed E-state index contributed by atoms with van der Waals surface area (Å²) in [5, 5.41) is 12.1. The van der Waals surface area contributed by atoms with E-state index in [4.69, 9.17) is 21.4 Å². The summed E-state index contributed by atoms with van der Waals surface area (Å²) in [4.78, 5) is 23.0. The van der Waals surface area contributed by atoms with Crippen LogP contribution in [0.2, 0.25) is 5.02 Å². The Morgan fingerprint density at radius 2 is 1.96 bits per heavy atom. The van der Waals surface area contributed by atoms with Crippen LogP contribution in [0, 0.1) is 0 Å². The van der Waals surface area contributed by atoms with E-state index in [0.29, 0.717) is 10.8 Å². The number of carbonyl (C=O) groups is 2. The topological polar surface area (TPSA) is 75.6 Å². The normalized spacial score (nSPS) is 10.5. The van der Waals surface area contributed by atoms with Gasteiger partial charge in [0.25, 0.3) is 0 Å². The van der Waals surface area contributed by atoms with E-state index in [1.165, 1.54) is 25.3 Å². The first-order chi connectivity index (χ1) is 11.0. The first kappa shape index (κ1) is 16.6. The first-order valence-corrected chi connectivity index (χ1v) is 7.04. The highest BCUT2D eigenvalue weighted by molar-refractivity contribution is 6.32. The van der Waals surface area contributed by atoms with Crippen LogP contribution in [0.1, 0.15) is 15.9 Å². The van der Waals surface area contributed by atoms with Gasteiger partial charge >= 0.3 is 5.97 Å². The van der Waals surface area contributed by atoms with E-state index in [2.05, 4.69) is 5.32 Å². The van der Waals surface area contributed by atoms with E-state index >= 15 is 0 Å². The van der Waals surface area contributed by atoms with Gasteiger partial charge in [0.1, 0.15) is 5.75 Å². The number of halogens is 1. The highest BCUT2D eigenvalue weighted by atomic mass is 35.5. The molecule has 2 rings (SSSR count). The summed E-state index contributed by atoms with van der Waals surface area (Å²) in [6.45, 7) is 0. The van der Waals surface area contributed by atoms with E-state index < -0.39 is 11.9 Å². The number of carbonyl (C=O) groups excluding carboxylic acids is 1. The highest BCUT2D eigenvalue weighted by Gasteiger charge is 2.10. The number of anilines is 1. The van der Waals surface area contributed by atoms with Gasteiger partial charge in [0.15, 0.2) is 0 Å². The number of hydrogen-bond acceptors (Lipinski definition) is 3. The molecule has 0 unspecified atom stereocenters. The monoisotopic (exact) mass is 331 g/mol. The van der Waals surface area contributed by atoms with E-state index in [1.54, 1.807) is 36.4 Å². The second-order valence-electron chi connectivity index (χ2n) is 4.57. The Labute approximate surface area is 138 Å². The first-order valence-electron chi connectivity index (χ1n) is 6.66. The fourth-order valence-corrected chi connectivity index (χ4v) is 2.10. The van der Waals surface area contributed by atoms with Crippen LogP contribution in [0.15, 0.2) is 48.5 Å². The summed E-state index contributed by atoms with van der Waals surface area (Å²) >= 11 is 5.93. The number of aromatic carboxylic acids is 1. The van der Waals surface area contributed by atoms with Gasteiger partial charge in [0.05, 0.1) is 23.4 Å². The molecule has 6 heteroatoms. The van der Waals surface area contributed by atoms with Crippen LogP contribution in [0.3, 0.4) is 0 Å². The molecular formula is C17H14ClNO4. The van der Waals surface area contributed by atoms with Crippen molar-refractivity contribution in [3.63, 3.8) is 0 Å². The number of ether oxygens (including phenoxy) is 1. The zero-order chi connectivity index (χ0) is 16.8. The molecule has 0 atom stereocenters. The lowest BCUT2D eigenvalue weighted by molar-refractivity contribution is -0.111. The van der Waals surface area contributed by atoms with Crippen molar-refractivity contribution in [2.24, 2.45) is 0 Å². The third-order valence-corrected chi connectivity index (χ3v) is 3.33. The van der Waals surface area contributed by atoms with E-state index in [-0.39, 0.29) is 11.3 Å². The minimum absolute atomic E-state index is 0.0300. The average molecular weight is 332 g/mol. The number of methoxy groups -OCH3 is 1. The number of carboxylic acid groups (broad SMARTS) is 1. The zero-order valence-electron chi connectivity index (χ0n) is 12.2. The zero-order valence-corrected chi connectivity index (χ0v) is 13.0. The molecule has 0 bridgehead atoms. The Kier molecular flexibility index (Phi) is 5.38. The molecule has 1 amide bonds. The Bertz CT molecular complexity index is 771. The Morgan fingerprint density at radius 3 is 2.65 bits per heavy atom. The smallest absolute Gasteiger partial charge is 0.337 e. The Hall–Kier alpha value is -2.79. The molecule has 2 aromatic rings. The molecule has 0 saturated heterocycles. The molecule has 0 fully saturated rings. The van der Waals surface area contributed by atoms with Crippen molar-refractivity contribution in [1.82, 2.24) is 0 Å². The van der Waals surface area contributed by atoms with Crippen LogP contribution in [0.5, 0.6) is 5.75 Å². The minimum atomic E-state index is -1.10. The van der Waals surface area contributed by atoms with Crippen LogP contribution in [-0.4, -0.2) is 24.1 Å². The minimum Gasteiger partial charge on any atom is -0.495 e. The van der Waals surface area contributed by atoms with Crippen LogP contribution >= 0.6 is 11.6 Å². The lowest BCUT2D eigenvalue weighted by atomic mass is 10.1. The van der Waals surface area contributed by atoms with Gasteiger partial charge in [-0.2, -0.15) is 0 Å². The van der Waals surface area contributed by atoms with Gasteiger partial charge in [-0.15, -0.1) is 0 Å². The maximum absolute atomic E-state index is 11.9. The molecular weight excluding hydrogens is 318 g/mol. The number of nitrogens with one attached hydrogen (secondary N) is 1. The van der Waals surface area contributed by atoms with Crippen molar-refractivity contribution >= 4 is 35.2 Å². The molecule has 2 N–H and O–H groups in total. The number of carboxylic acids is 1. The predicted octanol–water partition coefficient (Wildman–Crippen LogP) is 3.70. The van der Waals surface area contributed by atoms with Crippen molar-refractivity contribution in [3.05, 3.63) is 64.7 Å². The Balaban J connectivity index is 2.12. The second kappa shape index (κ2) is 7.47. The van der Waals surface area contributed by atoms with Crippen molar-refractivity contribution in [1.29, 1.82) is 0 Å². The second-order valence-corrected chi connectivity index (χ2v) is 4.97. The maximum atomic E-state index is 11.9. The molecule has 5 nitrogen and oxygen atoms in total. The lowest BCUT2D eigenvalue weighted by Crippen LogP contribution is -2.11. The van der Waals surface area contributed by atoms with Crippen molar-refractivity contribution < 1.29 is 19.4 Å². The third kappa shape index (κ3) is 4.34. The van der Waals surface area contributed by atoms with Gasteiger partial charge < -0.3 is 15.2 Å². The predicted molar refractivity (Wildman–Crippen MR) is 89.1 cm³/mol. The molecule has 0 aliphatic carbocycles. The molecule has 0 aromatic heterocycles. The quantitative estimate of drug-likeness (QED) is 0.819. The molecule has 0 aliphatic rings. The standard InChI is InChI=1S/C17H14ClNO4/c1-23-15-10-11(6-8-13(15)18)7-9-16(20)19-14-5-3-2-4-12(14)17(21)22/h2-10H,1H3,(H,19,20)(H,21,22). The summed E-state index contributed by atoms with van der Waals surface area (Å²) in [5.74, 6) is -1.04. The van der Waals surface area contributed by atoms with Gasteiger partial charge in [0, 0.05) is 6.08 Å². The van der Waals surface area contributed by atoms with Crippen LogP contribution in [0.25, 0.3) is 6.08 Å². The SMILES string of the molecule is COc1cc(C=CC(=O)Nc2ccccc2C(=O)O)ccc1Cl. The third-order valence-electron chi connectivity index (χ3n) is 3.02. The molecule has 0 heterocycles. The molecule has 0 spiro atoms. The van der Waals surface area contributed by atoms with Crippen LogP contribution in [0.4, 0.5) is 5.69 Å². The summed E-state index contributed by atoms with van der Waals surface area (Å²) in [7, 11) is 1.50. The average Bonchev–Trinajstić information content (AvgIpc) is 2.54. The molecule has 118 valence electrons. The lowest BCUT2D eigenvalue weighted by Gasteiger charge is -2.06. The number of hydrogen-bond donors (Lipinski definition) is 2. The molecule has 2 aromatic carbocycles. The Morgan fingerprint density at radius 1 is 1.22 bits per heavy atom. The summed E-state index contributed by atoms with van der Waals surface area (Å²) < 4.78 is 5.10. The summed E-state index contributed by atoms with van der Waals surface area (Å²) in [6.07, 6.45) is 2.89. The largest absolute Gasteiger partial charge is 0.495 e. The fourth-order valence-electron chi connectivity index (χ4n) is 1.90. The number of para-hydroxylation sites is 1. The van der Waals surface area contributed by atoms with E-state index in [9.17, 15) is 9.59 Å². The fraction of sp³-hybridized carbons (Fsp3) is 0.0588. The number of rotatable bonds is 5. The van der Waals surface area contributed by atoms with Crippen LogP contribution < -0.4 is 10.1 Å². The maximum Gasteiger partial charge on any atom is 0.337 e. The van der Waals surface area contributed by atoms with E-state index in [1.807, 2.05) is 0 Å². The van der Waals surface area contributed by atoms with Crippen molar-refractivity contribution in [2.45, 2.75) is 0 Å². The van der Waals surface area contributed by atoms with Gasteiger partial charge in [-0.1, -0.05) is 29.8 Å². The van der Waals surface area contributed by atoms with Crippen LogP contribution in [-0.2, 0) is 4.79 Å². The summed E-state index contributed by atoms with van der Waals surface area (Å²) in [6, 6.07) is 11.3. The van der Waals surface area contributed by atoms with Gasteiger partial charge in [-0.05, 0) is 35.9 Å². The van der Waals surface area contributed by atoms with Gasteiger partial charge in [0.2, 0.25) is 5.91 Å². The molecule has 0 radical (unpaired) electrons. The van der Waals surface area contributed by atoms with Gasteiger partial charge in [-0.3, -0.25) is 4.79 Å². The summed E-state index contributed by atoms with van der Waals surface area (Å²) in [5.41, 5.74) is 0.999. The molecule has 0 saturated carbocycles. The number of benzene rings is 2. The van der Waals surface area contributed by atoms with Crippen molar-refractivity contribution in [2.75, 3.05) is 12.4 Å². The number of amides is 1. The van der Waals surface area contributed by atoms with Crippen molar-refractivity contribution in [3.8, 4) is 5.75 Å².